The summed E-state index contributed by atoms with van der Waals surface area (Å²) in [5, 5.41) is 10.5. The molecule has 0 saturated carbocycles. The van der Waals surface area contributed by atoms with Gasteiger partial charge in [0.2, 0.25) is 0 Å². The molecule has 1 aromatic heterocycles. The third kappa shape index (κ3) is 3.48. The van der Waals surface area contributed by atoms with E-state index in [1.54, 1.807) is 7.05 Å². The maximum absolute atomic E-state index is 11.3. The van der Waals surface area contributed by atoms with Gasteiger partial charge in [-0.2, -0.15) is 0 Å². The van der Waals surface area contributed by atoms with Gasteiger partial charge < -0.3 is 5.32 Å². The number of hydrogen-bond acceptors (Lipinski definition) is 4. The Kier molecular flexibility index (Phi) is 4.44. The van der Waals surface area contributed by atoms with Crippen LogP contribution < -0.4 is 11.0 Å². The van der Waals surface area contributed by atoms with Gasteiger partial charge in [0.1, 0.15) is 0 Å². The van der Waals surface area contributed by atoms with Crippen molar-refractivity contribution in [3.63, 3.8) is 0 Å². The largest absolute Gasteiger partial charge is 0.343 e. The molecule has 5 nitrogen and oxygen atoms in total. The van der Waals surface area contributed by atoms with E-state index in [1.165, 1.54) is 21.9 Å². The van der Waals surface area contributed by atoms with Crippen LogP contribution in [0.15, 0.2) is 39.1 Å². The number of aromatic amines is 1. The molecule has 0 aliphatic rings. The van der Waals surface area contributed by atoms with Crippen molar-refractivity contribution in [3.8, 4) is 0 Å². The summed E-state index contributed by atoms with van der Waals surface area (Å²) in [6.07, 6.45) is 0. The fraction of sp³-hybridized carbons (Fsp3) is 0.385. The Morgan fingerprint density at radius 1 is 1.42 bits per heavy atom. The van der Waals surface area contributed by atoms with Gasteiger partial charge in [0.05, 0.1) is 0 Å². The van der Waals surface area contributed by atoms with Gasteiger partial charge in [-0.15, -0.1) is 5.10 Å². The van der Waals surface area contributed by atoms with Crippen LogP contribution in [0.1, 0.15) is 19.4 Å². The van der Waals surface area contributed by atoms with Gasteiger partial charge in [-0.3, -0.25) is 4.57 Å². The number of nitrogens with one attached hydrogen (secondary N) is 2. The van der Waals surface area contributed by atoms with E-state index in [2.05, 4.69) is 35.4 Å². The summed E-state index contributed by atoms with van der Waals surface area (Å²) in [6, 6.07) is 8.58. The highest BCUT2D eigenvalue weighted by Gasteiger charge is 2.09. The first-order valence-corrected chi connectivity index (χ1v) is 7.00. The zero-order chi connectivity index (χ0) is 13.8. The van der Waals surface area contributed by atoms with Crippen molar-refractivity contribution >= 4 is 11.8 Å². The monoisotopic (exact) mass is 278 g/mol. The summed E-state index contributed by atoms with van der Waals surface area (Å²) in [4.78, 5) is 12.5. The molecule has 0 atom stereocenters. The molecular formula is C13H18N4OS. The molecule has 19 heavy (non-hydrogen) atoms. The van der Waals surface area contributed by atoms with E-state index < -0.39 is 0 Å². The predicted octanol–water partition coefficient (Wildman–Crippen LogP) is 1.76. The standard InChI is InChI=1S/C13H18N4OS/c1-9(2)14-8-10-6-4-5-7-11(10)19-13-16-15-12(18)17(13)3/h4-7,9,14H,8H2,1-3H3,(H,15,18). The summed E-state index contributed by atoms with van der Waals surface area (Å²) < 4.78 is 1.51. The van der Waals surface area contributed by atoms with E-state index >= 15 is 0 Å². The summed E-state index contributed by atoms with van der Waals surface area (Å²) in [5.74, 6) is 0. The molecule has 0 aliphatic carbocycles. The van der Waals surface area contributed by atoms with Crippen LogP contribution in [0.3, 0.4) is 0 Å². The highest BCUT2D eigenvalue weighted by Crippen LogP contribution is 2.27. The van der Waals surface area contributed by atoms with E-state index in [-0.39, 0.29) is 5.69 Å². The fourth-order valence-corrected chi connectivity index (χ4v) is 2.51. The van der Waals surface area contributed by atoms with Crippen LogP contribution in [0, 0.1) is 0 Å². The Balaban J connectivity index is 2.20. The first kappa shape index (κ1) is 13.9. The molecule has 0 spiro atoms. The van der Waals surface area contributed by atoms with Crippen molar-refractivity contribution in [3.05, 3.63) is 40.3 Å². The minimum absolute atomic E-state index is 0.194. The lowest BCUT2D eigenvalue weighted by Crippen LogP contribution is -2.22. The molecule has 0 aliphatic heterocycles. The lowest BCUT2D eigenvalue weighted by atomic mass is 10.2. The topological polar surface area (TPSA) is 62.7 Å². The summed E-state index contributed by atoms with van der Waals surface area (Å²) >= 11 is 1.49. The normalized spacial score (nSPS) is 11.2. The molecule has 0 saturated heterocycles. The number of rotatable bonds is 5. The Labute approximate surface area is 116 Å². The van der Waals surface area contributed by atoms with Crippen molar-refractivity contribution in [1.29, 1.82) is 0 Å². The maximum Gasteiger partial charge on any atom is 0.343 e. The Morgan fingerprint density at radius 2 is 2.16 bits per heavy atom. The van der Waals surface area contributed by atoms with Crippen molar-refractivity contribution in [2.75, 3.05) is 0 Å². The molecule has 2 N–H and O–H groups in total. The van der Waals surface area contributed by atoms with Crippen LogP contribution in [0.25, 0.3) is 0 Å². The lowest BCUT2D eigenvalue weighted by Gasteiger charge is -2.11. The highest BCUT2D eigenvalue weighted by molar-refractivity contribution is 7.99. The number of benzene rings is 1. The van der Waals surface area contributed by atoms with E-state index in [1.807, 2.05) is 18.2 Å². The highest BCUT2D eigenvalue weighted by atomic mass is 32.2. The summed E-state index contributed by atoms with van der Waals surface area (Å²) in [6.45, 7) is 5.04. The smallest absolute Gasteiger partial charge is 0.310 e. The molecule has 102 valence electrons. The average Bonchev–Trinajstić information content (AvgIpc) is 2.70. The van der Waals surface area contributed by atoms with Gasteiger partial charge in [0.25, 0.3) is 0 Å². The van der Waals surface area contributed by atoms with Gasteiger partial charge in [0.15, 0.2) is 5.16 Å². The Hall–Kier alpha value is -1.53. The lowest BCUT2D eigenvalue weighted by molar-refractivity contribution is 0.584. The molecule has 1 heterocycles. The number of nitrogens with zero attached hydrogens (tertiary/aromatic N) is 2. The van der Waals surface area contributed by atoms with Crippen LogP contribution >= 0.6 is 11.8 Å². The van der Waals surface area contributed by atoms with Crippen molar-refractivity contribution in [2.45, 2.75) is 36.5 Å². The van der Waals surface area contributed by atoms with Crippen LogP contribution in [0.4, 0.5) is 0 Å². The van der Waals surface area contributed by atoms with E-state index in [9.17, 15) is 4.79 Å². The second kappa shape index (κ2) is 6.08. The first-order chi connectivity index (χ1) is 9.08. The van der Waals surface area contributed by atoms with E-state index in [0.29, 0.717) is 11.2 Å². The number of H-pyrrole nitrogens is 1. The zero-order valence-electron chi connectivity index (χ0n) is 11.3. The third-order valence-electron chi connectivity index (χ3n) is 2.71. The van der Waals surface area contributed by atoms with Gasteiger partial charge >= 0.3 is 5.69 Å². The van der Waals surface area contributed by atoms with Gasteiger partial charge in [-0.25, -0.2) is 9.89 Å². The molecule has 1 aromatic carbocycles. The van der Waals surface area contributed by atoms with Crippen LogP contribution in [0.5, 0.6) is 0 Å². The molecule has 2 aromatic rings. The van der Waals surface area contributed by atoms with E-state index in [4.69, 9.17) is 0 Å². The minimum Gasteiger partial charge on any atom is -0.310 e. The van der Waals surface area contributed by atoms with Crippen molar-refractivity contribution in [2.24, 2.45) is 7.05 Å². The van der Waals surface area contributed by atoms with Gasteiger partial charge in [-0.1, -0.05) is 32.0 Å². The summed E-state index contributed by atoms with van der Waals surface area (Å²) in [7, 11) is 1.71. The first-order valence-electron chi connectivity index (χ1n) is 6.18. The number of hydrogen-bond donors (Lipinski definition) is 2. The fourth-order valence-electron chi connectivity index (χ4n) is 1.59. The molecule has 0 amide bonds. The summed E-state index contributed by atoms with van der Waals surface area (Å²) in [5.41, 5.74) is 1.01. The molecule has 0 fully saturated rings. The van der Waals surface area contributed by atoms with Gasteiger partial charge in [-0.05, 0) is 23.4 Å². The second-order valence-corrected chi connectivity index (χ2v) is 5.62. The average molecular weight is 278 g/mol. The van der Waals surface area contributed by atoms with Crippen molar-refractivity contribution in [1.82, 2.24) is 20.1 Å². The molecular weight excluding hydrogens is 260 g/mol. The SMILES string of the molecule is CC(C)NCc1ccccc1Sc1n[nH]c(=O)n1C. The van der Waals surface area contributed by atoms with Crippen LogP contribution in [-0.4, -0.2) is 20.8 Å². The minimum atomic E-state index is -0.194. The Bertz CT molecular complexity index is 603. The number of aromatic nitrogens is 3. The van der Waals surface area contributed by atoms with Crippen LogP contribution in [-0.2, 0) is 13.6 Å². The second-order valence-electron chi connectivity index (χ2n) is 4.62. The molecule has 0 bridgehead atoms. The zero-order valence-corrected chi connectivity index (χ0v) is 12.1. The van der Waals surface area contributed by atoms with E-state index in [0.717, 1.165) is 11.4 Å². The predicted molar refractivity (Wildman–Crippen MR) is 76.4 cm³/mol. The van der Waals surface area contributed by atoms with Gasteiger partial charge in [0, 0.05) is 24.5 Å². The molecule has 0 unspecified atom stereocenters. The molecule has 6 heteroatoms. The quantitative estimate of drug-likeness (QED) is 0.875. The van der Waals surface area contributed by atoms with Crippen LogP contribution in [0.2, 0.25) is 0 Å². The third-order valence-corrected chi connectivity index (χ3v) is 3.88. The van der Waals surface area contributed by atoms with Crippen molar-refractivity contribution < 1.29 is 0 Å². The maximum atomic E-state index is 11.3. The molecule has 2 rings (SSSR count). The molecule has 0 radical (unpaired) electrons. The Morgan fingerprint density at radius 3 is 2.79 bits per heavy atom.